The number of carbonyl (C=O) groups excluding carboxylic acids is 1. The summed E-state index contributed by atoms with van der Waals surface area (Å²) in [5, 5.41) is 0. The van der Waals surface area contributed by atoms with Gasteiger partial charge in [-0.05, 0) is 44.5 Å². The molecule has 0 aliphatic rings. The molecule has 0 amide bonds. The van der Waals surface area contributed by atoms with Crippen LogP contribution in [-0.4, -0.2) is 20.9 Å². The fraction of sp³-hybridized carbons (Fsp3) is 0.632. The SMILES string of the molecule is CC[Si](CC)(CC)OC(COC(=O)C(C)(C)C)c1ccccc1. The average Bonchev–Trinajstić information content (AvgIpc) is 2.55. The van der Waals surface area contributed by atoms with Crippen molar-refractivity contribution in [3.05, 3.63) is 35.9 Å². The van der Waals surface area contributed by atoms with Gasteiger partial charge in [0.1, 0.15) is 12.7 Å². The molecule has 1 unspecified atom stereocenters. The van der Waals surface area contributed by atoms with E-state index in [0.717, 1.165) is 23.7 Å². The summed E-state index contributed by atoms with van der Waals surface area (Å²) in [6, 6.07) is 13.3. The summed E-state index contributed by atoms with van der Waals surface area (Å²) in [6.45, 7) is 12.5. The van der Waals surface area contributed by atoms with Gasteiger partial charge in [-0.15, -0.1) is 0 Å². The minimum atomic E-state index is -1.77. The first-order chi connectivity index (χ1) is 10.8. The van der Waals surface area contributed by atoms with Crippen molar-refractivity contribution < 1.29 is 14.0 Å². The molecule has 0 radical (unpaired) electrons. The van der Waals surface area contributed by atoms with Crippen LogP contribution in [0, 0.1) is 5.41 Å². The maximum absolute atomic E-state index is 12.1. The van der Waals surface area contributed by atoms with Gasteiger partial charge in [-0.3, -0.25) is 4.79 Å². The van der Waals surface area contributed by atoms with E-state index in [1.54, 1.807) is 0 Å². The number of rotatable bonds is 8. The van der Waals surface area contributed by atoms with Crippen LogP contribution in [0.2, 0.25) is 18.1 Å². The normalized spacial score (nSPS) is 13.7. The molecule has 0 aromatic heterocycles. The first kappa shape index (κ1) is 19.9. The van der Waals surface area contributed by atoms with Crippen molar-refractivity contribution >= 4 is 14.3 Å². The van der Waals surface area contributed by atoms with Crippen LogP contribution in [0.5, 0.6) is 0 Å². The highest BCUT2D eigenvalue weighted by Gasteiger charge is 2.33. The summed E-state index contributed by atoms with van der Waals surface area (Å²) >= 11 is 0. The molecule has 1 rings (SSSR count). The van der Waals surface area contributed by atoms with Gasteiger partial charge in [0.15, 0.2) is 8.32 Å². The summed E-state index contributed by atoms with van der Waals surface area (Å²) in [6.07, 6.45) is -0.172. The lowest BCUT2D eigenvalue weighted by Crippen LogP contribution is -2.39. The summed E-state index contributed by atoms with van der Waals surface area (Å²) in [5.74, 6) is -0.182. The molecule has 0 spiro atoms. The highest BCUT2D eigenvalue weighted by molar-refractivity contribution is 6.73. The van der Waals surface area contributed by atoms with Gasteiger partial charge in [-0.1, -0.05) is 51.1 Å². The van der Waals surface area contributed by atoms with Crippen LogP contribution >= 0.6 is 0 Å². The molecule has 1 aromatic rings. The second kappa shape index (κ2) is 8.64. The number of ether oxygens (including phenoxy) is 1. The second-order valence-electron chi connectivity index (χ2n) is 7.11. The van der Waals surface area contributed by atoms with E-state index in [9.17, 15) is 4.79 Å². The smallest absolute Gasteiger partial charge is 0.311 e. The second-order valence-corrected chi connectivity index (χ2v) is 11.8. The Bertz CT molecular complexity index is 467. The van der Waals surface area contributed by atoms with Gasteiger partial charge >= 0.3 is 5.97 Å². The number of esters is 1. The topological polar surface area (TPSA) is 35.5 Å². The van der Waals surface area contributed by atoms with Gasteiger partial charge in [0.05, 0.1) is 5.41 Å². The van der Waals surface area contributed by atoms with E-state index in [1.807, 2.05) is 39.0 Å². The molecule has 1 aromatic carbocycles. The quantitative estimate of drug-likeness (QED) is 0.475. The van der Waals surface area contributed by atoms with E-state index in [0.29, 0.717) is 0 Å². The summed E-state index contributed by atoms with van der Waals surface area (Å²) in [7, 11) is -1.77. The molecular formula is C19H32O3Si. The zero-order valence-corrected chi connectivity index (χ0v) is 16.5. The predicted octanol–water partition coefficient (Wildman–Crippen LogP) is 5.34. The van der Waals surface area contributed by atoms with Crippen LogP contribution < -0.4 is 0 Å². The maximum atomic E-state index is 12.1. The first-order valence-electron chi connectivity index (χ1n) is 8.68. The summed E-state index contributed by atoms with van der Waals surface area (Å²) in [5.41, 5.74) is 0.595. The van der Waals surface area contributed by atoms with Gasteiger partial charge in [0.25, 0.3) is 0 Å². The zero-order valence-electron chi connectivity index (χ0n) is 15.5. The minimum Gasteiger partial charge on any atom is -0.462 e. The van der Waals surface area contributed by atoms with Crippen molar-refractivity contribution in [2.24, 2.45) is 5.41 Å². The van der Waals surface area contributed by atoms with E-state index in [-0.39, 0.29) is 18.7 Å². The number of hydrogen-bond donors (Lipinski definition) is 0. The van der Waals surface area contributed by atoms with E-state index < -0.39 is 13.7 Å². The molecule has 0 saturated heterocycles. The molecule has 1 atom stereocenters. The fourth-order valence-electron chi connectivity index (χ4n) is 2.54. The predicted molar refractivity (Wildman–Crippen MR) is 97.9 cm³/mol. The van der Waals surface area contributed by atoms with E-state index in [4.69, 9.17) is 9.16 Å². The molecule has 0 aliphatic heterocycles. The number of benzene rings is 1. The zero-order chi connectivity index (χ0) is 17.5. The standard InChI is InChI=1S/C19H32O3Si/c1-7-23(8-2,9-3)22-17(16-13-11-10-12-14-16)15-21-18(20)19(4,5)6/h10-14,17H,7-9,15H2,1-6H3. The summed E-state index contributed by atoms with van der Waals surface area (Å²) in [4.78, 5) is 12.1. The fourth-order valence-corrected chi connectivity index (χ4v) is 5.34. The minimum absolute atomic E-state index is 0.172. The Hall–Kier alpha value is -1.13. The molecule has 130 valence electrons. The molecular weight excluding hydrogens is 304 g/mol. The van der Waals surface area contributed by atoms with Crippen molar-refractivity contribution in [1.82, 2.24) is 0 Å². The Balaban J connectivity index is 2.93. The van der Waals surface area contributed by atoms with E-state index >= 15 is 0 Å². The van der Waals surface area contributed by atoms with Gasteiger partial charge < -0.3 is 9.16 Å². The number of carbonyl (C=O) groups is 1. The van der Waals surface area contributed by atoms with Crippen LogP contribution in [-0.2, 0) is 14.0 Å². The Labute approximate surface area is 142 Å². The van der Waals surface area contributed by atoms with Crippen LogP contribution in [0.3, 0.4) is 0 Å². The van der Waals surface area contributed by atoms with Crippen LogP contribution in [0.1, 0.15) is 53.2 Å². The number of hydrogen-bond acceptors (Lipinski definition) is 3. The van der Waals surface area contributed by atoms with Crippen molar-refractivity contribution in [3.8, 4) is 0 Å². The highest BCUT2D eigenvalue weighted by Crippen LogP contribution is 2.30. The van der Waals surface area contributed by atoms with Crippen molar-refractivity contribution in [1.29, 1.82) is 0 Å². The van der Waals surface area contributed by atoms with E-state index in [2.05, 4.69) is 32.9 Å². The van der Waals surface area contributed by atoms with Crippen LogP contribution in [0.25, 0.3) is 0 Å². The maximum Gasteiger partial charge on any atom is 0.311 e. The molecule has 4 heteroatoms. The van der Waals surface area contributed by atoms with Gasteiger partial charge in [-0.25, -0.2) is 0 Å². The Morgan fingerprint density at radius 3 is 2.00 bits per heavy atom. The van der Waals surface area contributed by atoms with Crippen molar-refractivity contribution in [3.63, 3.8) is 0 Å². The lowest BCUT2D eigenvalue weighted by Gasteiger charge is -2.33. The molecule has 0 saturated carbocycles. The van der Waals surface area contributed by atoms with Gasteiger partial charge in [-0.2, -0.15) is 0 Å². The van der Waals surface area contributed by atoms with Crippen LogP contribution in [0.4, 0.5) is 0 Å². The molecule has 3 nitrogen and oxygen atoms in total. The average molecular weight is 337 g/mol. The Morgan fingerprint density at radius 1 is 1.04 bits per heavy atom. The lowest BCUT2D eigenvalue weighted by atomic mass is 9.97. The highest BCUT2D eigenvalue weighted by atomic mass is 28.4. The van der Waals surface area contributed by atoms with Crippen LogP contribution in [0.15, 0.2) is 30.3 Å². The third kappa shape index (κ3) is 5.77. The molecule has 0 bridgehead atoms. The molecule has 23 heavy (non-hydrogen) atoms. The van der Waals surface area contributed by atoms with Crippen molar-refractivity contribution in [2.75, 3.05) is 6.61 Å². The molecule has 0 heterocycles. The molecule has 0 aliphatic carbocycles. The largest absolute Gasteiger partial charge is 0.462 e. The molecule has 0 N–H and O–H groups in total. The first-order valence-corrected chi connectivity index (χ1v) is 11.2. The Morgan fingerprint density at radius 2 is 1.57 bits per heavy atom. The Kier molecular flexibility index (Phi) is 7.48. The third-order valence-corrected chi connectivity index (χ3v) is 9.13. The lowest BCUT2D eigenvalue weighted by molar-refractivity contribution is -0.155. The van der Waals surface area contributed by atoms with E-state index in [1.165, 1.54) is 0 Å². The van der Waals surface area contributed by atoms with Gasteiger partial charge in [0, 0.05) is 0 Å². The monoisotopic (exact) mass is 336 g/mol. The molecule has 0 fully saturated rings. The third-order valence-electron chi connectivity index (χ3n) is 4.47. The van der Waals surface area contributed by atoms with Crippen molar-refractivity contribution in [2.45, 2.75) is 65.8 Å². The van der Waals surface area contributed by atoms with Gasteiger partial charge in [0.2, 0.25) is 0 Å². The summed E-state index contributed by atoms with van der Waals surface area (Å²) < 4.78 is 12.2.